The van der Waals surface area contributed by atoms with E-state index in [1.807, 2.05) is 0 Å². The molecule has 0 aromatic heterocycles. The summed E-state index contributed by atoms with van der Waals surface area (Å²) in [5.41, 5.74) is -0.363. The van der Waals surface area contributed by atoms with Crippen molar-refractivity contribution < 1.29 is 25.9 Å². The molecule has 0 amide bonds. The maximum atomic E-state index is 10.8. The molecule has 0 aliphatic rings. The third-order valence-electron chi connectivity index (χ3n) is 1.68. The van der Waals surface area contributed by atoms with Gasteiger partial charge in [0.2, 0.25) is 0 Å². The zero-order valence-electron chi connectivity index (χ0n) is 7.73. The van der Waals surface area contributed by atoms with Gasteiger partial charge >= 0.3 is 0 Å². The van der Waals surface area contributed by atoms with Crippen LogP contribution in [0.25, 0.3) is 0 Å². The van der Waals surface area contributed by atoms with E-state index >= 15 is 0 Å². The summed E-state index contributed by atoms with van der Waals surface area (Å²) >= 11 is 0. The number of hydrogen-bond donors (Lipinski definition) is 2. The lowest BCUT2D eigenvalue weighted by molar-refractivity contribution is 0.478. The average molecular weight is 265 g/mol. The second-order valence-electron chi connectivity index (χ2n) is 2.74. The SMILES string of the molecule is C=Nc1cc(S(=O)(=O)O)ccc1S(=O)(=O)O. The standard InChI is InChI=1S/C7H7NO6S2/c1-8-6-4-5(15(9,10)11)2-3-7(6)16(12,13)14/h2-4H,1H2,(H,9,10,11)(H,12,13,14). The van der Waals surface area contributed by atoms with Gasteiger partial charge in [-0.1, -0.05) is 0 Å². The third kappa shape index (κ3) is 2.64. The molecular weight excluding hydrogens is 258 g/mol. The quantitative estimate of drug-likeness (QED) is 0.606. The van der Waals surface area contributed by atoms with Gasteiger partial charge in [0.15, 0.2) is 0 Å². The van der Waals surface area contributed by atoms with Gasteiger partial charge < -0.3 is 0 Å². The Hall–Kier alpha value is -1.29. The number of rotatable bonds is 3. The van der Waals surface area contributed by atoms with Crippen LogP contribution in [0.5, 0.6) is 0 Å². The van der Waals surface area contributed by atoms with Gasteiger partial charge in [0.05, 0.1) is 10.6 Å². The highest BCUT2D eigenvalue weighted by Crippen LogP contribution is 2.26. The number of hydrogen-bond acceptors (Lipinski definition) is 5. The lowest BCUT2D eigenvalue weighted by Crippen LogP contribution is -2.02. The molecule has 0 radical (unpaired) electrons. The molecule has 16 heavy (non-hydrogen) atoms. The normalized spacial score (nSPS) is 12.4. The van der Waals surface area contributed by atoms with E-state index in [-0.39, 0.29) is 5.69 Å². The van der Waals surface area contributed by atoms with Crippen molar-refractivity contribution in [2.45, 2.75) is 9.79 Å². The molecule has 1 rings (SSSR count). The van der Waals surface area contributed by atoms with Crippen molar-refractivity contribution in [3.63, 3.8) is 0 Å². The fourth-order valence-electron chi connectivity index (χ4n) is 0.999. The minimum Gasteiger partial charge on any atom is -0.282 e. The zero-order valence-corrected chi connectivity index (χ0v) is 9.36. The van der Waals surface area contributed by atoms with Gasteiger partial charge in [-0.15, -0.1) is 0 Å². The molecule has 1 aromatic carbocycles. The Morgan fingerprint density at radius 1 is 1.06 bits per heavy atom. The smallest absolute Gasteiger partial charge is 0.282 e. The van der Waals surface area contributed by atoms with E-state index in [0.717, 1.165) is 18.2 Å². The summed E-state index contributed by atoms with van der Waals surface area (Å²) in [4.78, 5) is 2.12. The van der Waals surface area contributed by atoms with Gasteiger partial charge in [-0.05, 0) is 24.9 Å². The van der Waals surface area contributed by atoms with Crippen molar-refractivity contribution in [2.24, 2.45) is 4.99 Å². The van der Waals surface area contributed by atoms with Gasteiger partial charge in [0.25, 0.3) is 20.2 Å². The van der Waals surface area contributed by atoms with E-state index in [0.29, 0.717) is 0 Å². The molecule has 1 aromatic rings. The maximum Gasteiger partial charge on any atom is 0.296 e. The van der Waals surface area contributed by atoms with Crippen LogP contribution in [0.2, 0.25) is 0 Å². The summed E-state index contributed by atoms with van der Waals surface area (Å²) in [5.74, 6) is 0. The van der Waals surface area contributed by atoms with E-state index in [9.17, 15) is 16.8 Å². The van der Waals surface area contributed by atoms with Crippen LogP contribution in [-0.4, -0.2) is 32.7 Å². The summed E-state index contributed by atoms with van der Waals surface area (Å²) in [7, 11) is -8.98. The Morgan fingerprint density at radius 2 is 1.62 bits per heavy atom. The van der Waals surface area contributed by atoms with Crippen LogP contribution in [0.15, 0.2) is 33.0 Å². The highest BCUT2D eigenvalue weighted by Gasteiger charge is 2.18. The fourth-order valence-corrected chi connectivity index (χ4v) is 2.13. The van der Waals surface area contributed by atoms with E-state index in [1.165, 1.54) is 0 Å². The first-order valence-electron chi connectivity index (χ1n) is 3.72. The second kappa shape index (κ2) is 3.94. The van der Waals surface area contributed by atoms with Crippen molar-refractivity contribution in [1.82, 2.24) is 0 Å². The molecule has 0 spiro atoms. The minimum atomic E-state index is -4.52. The predicted molar refractivity (Wildman–Crippen MR) is 55.3 cm³/mol. The summed E-state index contributed by atoms with van der Waals surface area (Å²) in [6.45, 7) is 3.03. The molecule has 0 saturated heterocycles. The number of aliphatic imine (C=N–C) groups is 1. The van der Waals surface area contributed by atoms with Crippen molar-refractivity contribution in [1.29, 1.82) is 0 Å². The molecule has 0 heterocycles. The minimum absolute atomic E-state index is 0.363. The lowest BCUT2D eigenvalue weighted by atomic mass is 10.3. The average Bonchev–Trinajstić information content (AvgIpc) is 2.14. The van der Waals surface area contributed by atoms with Crippen LogP contribution >= 0.6 is 0 Å². The summed E-state index contributed by atoms with van der Waals surface area (Å²) in [6, 6.07) is 2.42. The van der Waals surface area contributed by atoms with E-state index in [4.69, 9.17) is 9.11 Å². The largest absolute Gasteiger partial charge is 0.296 e. The summed E-state index contributed by atoms with van der Waals surface area (Å²) in [6.07, 6.45) is 0. The van der Waals surface area contributed by atoms with Gasteiger partial charge in [0, 0.05) is 0 Å². The van der Waals surface area contributed by atoms with E-state index in [2.05, 4.69) is 11.7 Å². The van der Waals surface area contributed by atoms with Crippen LogP contribution in [0.1, 0.15) is 0 Å². The first-order chi connectivity index (χ1) is 7.16. The molecule has 7 nitrogen and oxygen atoms in total. The van der Waals surface area contributed by atoms with Gasteiger partial charge in [0.1, 0.15) is 4.90 Å². The first kappa shape index (κ1) is 12.8. The lowest BCUT2D eigenvalue weighted by Gasteiger charge is -2.03. The molecule has 0 fully saturated rings. The van der Waals surface area contributed by atoms with Crippen LogP contribution in [-0.2, 0) is 20.2 Å². The molecular formula is C7H7NO6S2. The van der Waals surface area contributed by atoms with E-state index in [1.54, 1.807) is 0 Å². The Morgan fingerprint density at radius 3 is 2.00 bits per heavy atom. The molecule has 9 heteroatoms. The topological polar surface area (TPSA) is 121 Å². The van der Waals surface area contributed by atoms with Crippen LogP contribution in [0, 0.1) is 0 Å². The predicted octanol–water partition coefficient (Wildman–Crippen LogP) is 0.512. The van der Waals surface area contributed by atoms with Crippen LogP contribution in [0.4, 0.5) is 5.69 Å². The van der Waals surface area contributed by atoms with Crippen LogP contribution < -0.4 is 0 Å². The van der Waals surface area contributed by atoms with Gasteiger partial charge in [-0.3, -0.25) is 14.1 Å². The highest BCUT2D eigenvalue weighted by molar-refractivity contribution is 7.86. The van der Waals surface area contributed by atoms with Crippen LogP contribution in [0.3, 0.4) is 0 Å². The molecule has 2 N–H and O–H groups in total. The van der Waals surface area contributed by atoms with Crippen molar-refractivity contribution in [3.05, 3.63) is 18.2 Å². The Balaban J connectivity index is 3.58. The molecule has 0 atom stereocenters. The highest BCUT2D eigenvalue weighted by atomic mass is 32.2. The molecule has 88 valence electrons. The molecule has 0 aliphatic heterocycles. The monoisotopic (exact) mass is 265 g/mol. The Bertz CT molecular complexity index is 631. The van der Waals surface area contributed by atoms with Crippen molar-refractivity contribution in [2.75, 3.05) is 0 Å². The molecule has 0 saturated carbocycles. The number of nitrogens with zero attached hydrogens (tertiary/aromatic N) is 1. The third-order valence-corrected chi connectivity index (χ3v) is 3.43. The summed E-state index contributed by atoms with van der Waals surface area (Å²) < 4.78 is 60.6. The maximum absolute atomic E-state index is 10.8. The first-order valence-corrected chi connectivity index (χ1v) is 6.60. The zero-order chi connectivity index (χ0) is 12.6. The van der Waals surface area contributed by atoms with Crippen molar-refractivity contribution in [3.8, 4) is 0 Å². The Labute approximate surface area is 91.9 Å². The molecule has 0 bridgehead atoms. The second-order valence-corrected chi connectivity index (χ2v) is 5.55. The van der Waals surface area contributed by atoms with Gasteiger partial charge in [-0.2, -0.15) is 16.8 Å². The van der Waals surface area contributed by atoms with Gasteiger partial charge in [-0.25, -0.2) is 0 Å². The molecule has 0 unspecified atom stereocenters. The Kier molecular flexibility index (Phi) is 3.15. The molecule has 0 aliphatic carbocycles. The number of benzene rings is 1. The van der Waals surface area contributed by atoms with E-state index < -0.39 is 30.0 Å². The summed E-state index contributed by atoms with van der Waals surface area (Å²) in [5, 5.41) is 0. The van der Waals surface area contributed by atoms with Crippen molar-refractivity contribution >= 4 is 32.6 Å². The fraction of sp³-hybridized carbons (Fsp3) is 0.